The summed E-state index contributed by atoms with van der Waals surface area (Å²) in [6.07, 6.45) is 0.00423. The molecule has 1 atom stereocenters. The van der Waals surface area contributed by atoms with Gasteiger partial charge >= 0.3 is 5.97 Å². The molecular weight excluding hydrogens is 464 g/mol. The molecule has 0 fully saturated rings. The average molecular weight is 483 g/mol. The van der Waals surface area contributed by atoms with Crippen molar-refractivity contribution in [1.29, 1.82) is 0 Å². The van der Waals surface area contributed by atoms with Crippen LogP contribution in [0.3, 0.4) is 0 Å². The first-order chi connectivity index (χ1) is 13.3. The summed E-state index contributed by atoms with van der Waals surface area (Å²) in [7, 11) is 0. The molecule has 9 heteroatoms. The predicted molar refractivity (Wildman–Crippen MR) is 115 cm³/mol. The summed E-state index contributed by atoms with van der Waals surface area (Å²) < 4.78 is 5.98. The van der Waals surface area contributed by atoms with Crippen LogP contribution in [-0.2, 0) is 14.3 Å². The van der Waals surface area contributed by atoms with Crippen molar-refractivity contribution in [2.75, 3.05) is 17.2 Å². The zero-order valence-electron chi connectivity index (χ0n) is 15.6. The highest BCUT2D eigenvalue weighted by atomic mass is 79.9. The molecule has 0 bridgehead atoms. The van der Waals surface area contributed by atoms with E-state index in [1.54, 1.807) is 6.92 Å². The maximum absolute atomic E-state index is 12.6. The zero-order valence-corrected chi connectivity index (χ0v) is 18.8. The first-order valence-electron chi connectivity index (χ1n) is 8.64. The van der Waals surface area contributed by atoms with Gasteiger partial charge in [-0.3, -0.25) is 9.59 Å². The molecule has 1 aromatic heterocycles. The third kappa shape index (κ3) is 4.42. The fraction of sp³-hybridized carbons (Fsp3) is 0.316. The van der Waals surface area contributed by atoms with Gasteiger partial charge in [0.2, 0.25) is 11.8 Å². The predicted octanol–water partition coefficient (Wildman–Crippen LogP) is 4.75. The number of hydrogen-bond acceptors (Lipinski definition) is 6. The monoisotopic (exact) mass is 482 g/mol. The van der Waals surface area contributed by atoms with E-state index in [1.807, 2.05) is 32.0 Å². The van der Waals surface area contributed by atoms with Crippen LogP contribution in [0.1, 0.15) is 34.1 Å². The highest BCUT2D eigenvalue weighted by molar-refractivity contribution is 9.10. The van der Waals surface area contributed by atoms with E-state index < -0.39 is 11.2 Å². The van der Waals surface area contributed by atoms with Crippen LogP contribution < -0.4 is 10.6 Å². The van der Waals surface area contributed by atoms with E-state index in [1.165, 1.54) is 23.1 Å². The van der Waals surface area contributed by atoms with Crippen LogP contribution in [0.5, 0.6) is 0 Å². The van der Waals surface area contributed by atoms with Gasteiger partial charge in [0.05, 0.1) is 23.1 Å². The Morgan fingerprint density at radius 2 is 2.07 bits per heavy atom. The number of rotatable bonds is 5. The second-order valence-electron chi connectivity index (χ2n) is 6.20. The van der Waals surface area contributed by atoms with E-state index in [0.29, 0.717) is 10.6 Å². The number of thiophene rings is 1. The second kappa shape index (κ2) is 8.67. The molecule has 148 valence electrons. The van der Waals surface area contributed by atoms with Crippen molar-refractivity contribution >= 4 is 67.5 Å². The standard InChI is InChI=1S/C19H19BrN2O4S2/c1-4-26-19(25)16-9(2)10(3)27-18(16)22-15(23)8-14-17(24)21-12-7-11(20)5-6-13(12)28-14/h5-7,14H,4,8H2,1-3H3,(H,21,24)(H,22,23). The third-order valence-electron chi connectivity index (χ3n) is 4.25. The SMILES string of the molecule is CCOC(=O)c1c(NC(=O)CC2Sc3ccc(Br)cc3NC2=O)sc(C)c1C. The molecule has 0 aliphatic carbocycles. The topological polar surface area (TPSA) is 84.5 Å². The smallest absolute Gasteiger partial charge is 0.341 e. The Balaban J connectivity index is 1.73. The minimum Gasteiger partial charge on any atom is -0.462 e. The average Bonchev–Trinajstić information content (AvgIpc) is 2.89. The van der Waals surface area contributed by atoms with Crippen molar-refractivity contribution in [3.05, 3.63) is 38.7 Å². The second-order valence-corrected chi connectivity index (χ2v) is 9.58. The van der Waals surface area contributed by atoms with Crippen LogP contribution in [0.4, 0.5) is 10.7 Å². The van der Waals surface area contributed by atoms with Crippen LogP contribution in [-0.4, -0.2) is 29.6 Å². The molecule has 6 nitrogen and oxygen atoms in total. The van der Waals surface area contributed by atoms with E-state index in [-0.39, 0.29) is 24.8 Å². The van der Waals surface area contributed by atoms with Gasteiger partial charge in [-0.1, -0.05) is 15.9 Å². The molecule has 2 N–H and O–H groups in total. The summed E-state index contributed by atoms with van der Waals surface area (Å²) in [4.78, 5) is 39.1. The maximum atomic E-state index is 12.6. The molecule has 2 aromatic rings. The number of ether oxygens (including phenoxy) is 1. The molecule has 1 unspecified atom stereocenters. The number of anilines is 2. The van der Waals surface area contributed by atoms with E-state index in [0.717, 1.165) is 25.5 Å². The van der Waals surface area contributed by atoms with Crippen LogP contribution >= 0.6 is 39.0 Å². The molecule has 2 amide bonds. The van der Waals surface area contributed by atoms with Crippen molar-refractivity contribution in [2.45, 2.75) is 37.3 Å². The maximum Gasteiger partial charge on any atom is 0.341 e. The molecule has 28 heavy (non-hydrogen) atoms. The van der Waals surface area contributed by atoms with Gasteiger partial charge in [0, 0.05) is 20.7 Å². The molecule has 0 saturated carbocycles. The first-order valence-corrected chi connectivity index (χ1v) is 11.1. The summed E-state index contributed by atoms with van der Waals surface area (Å²) in [6.45, 7) is 5.71. The molecular formula is C19H19BrN2O4S2. The summed E-state index contributed by atoms with van der Waals surface area (Å²) in [5.74, 6) is -0.987. The Bertz CT molecular complexity index is 958. The molecule has 1 aromatic carbocycles. The summed E-state index contributed by atoms with van der Waals surface area (Å²) in [5.41, 5.74) is 1.91. The highest BCUT2D eigenvalue weighted by Gasteiger charge is 2.30. The number of amides is 2. The van der Waals surface area contributed by atoms with Crippen molar-refractivity contribution in [3.8, 4) is 0 Å². The molecule has 0 saturated heterocycles. The Kier molecular flexibility index (Phi) is 6.47. The Labute approximate surface area is 179 Å². The Morgan fingerprint density at radius 1 is 1.32 bits per heavy atom. The van der Waals surface area contributed by atoms with E-state index >= 15 is 0 Å². The lowest BCUT2D eigenvalue weighted by Crippen LogP contribution is -2.32. The lowest BCUT2D eigenvalue weighted by atomic mass is 10.1. The number of esters is 1. The van der Waals surface area contributed by atoms with Gasteiger partial charge in [-0.25, -0.2) is 4.79 Å². The first kappa shape index (κ1) is 20.9. The minimum absolute atomic E-state index is 0.00423. The van der Waals surface area contributed by atoms with Crippen molar-refractivity contribution < 1.29 is 19.1 Å². The number of aryl methyl sites for hydroxylation is 1. The molecule has 2 heterocycles. The van der Waals surface area contributed by atoms with Gasteiger partial charge in [0.15, 0.2) is 0 Å². The van der Waals surface area contributed by atoms with Gasteiger partial charge in [0.25, 0.3) is 0 Å². The number of carbonyl (C=O) groups excluding carboxylic acids is 3. The normalized spacial score (nSPS) is 15.6. The number of nitrogens with one attached hydrogen (secondary N) is 2. The minimum atomic E-state index is -0.540. The van der Waals surface area contributed by atoms with Crippen molar-refractivity contribution in [2.24, 2.45) is 0 Å². The molecule has 3 rings (SSSR count). The number of carbonyl (C=O) groups is 3. The van der Waals surface area contributed by atoms with Crippen LogP contribution in [0.2, 0.25) is 0 Å². The summed E-state index contributed by atoms with van der Waals surface area (Å²) >= 11 is 6.07. The number of hydrogen-bond donors (Lipinski definition) is 2. The summed E-state index contributed by atoms with van der Waals surface area (Å²) in [6, 6.07) is 5.63. The Morgan fingerprint density at radius 3 is 2.79 bits per heavy atom. The van der Waals surface area contributed by atoms with Crippen LogP contribution in [0.25, 0.3) is 0 Å². The fourth-order valence-electron chi connectivity index (χ4n) is 2.77. The molecule has 0 spiro atoms. The van der Waals surface area contributed by atoms with Crippen LogP contribution in [0.15, 0.2) is 27.6 Å². The highest BCUT2D eigenvalue weighted by Crippen LogP contribution is 2.39. The van der Waals surface area contributed by atoms with Gasteiger partial charge in [-0.2, -0.15) is 0 Å². The van der Waals surface area contributed by atoms with Gasteiger partial charge in [-0.05, 0) is 44.5 Å². The van der Waals surface area contributed by atoms with E-state index in [4.69, 9.17) is 4.74 Å². The fourth-order valence-corrected chi connectivity index (χ4v) is 5.28. The third-order valence-corrected chi connectivity index (χ3v) is 7.14. The van der Waals surface area contributed by atoms with Crippen molar-refractivity contribution in [1.82, 2.24) is 0 Å². The summed E-state index contributed by atoms with van der Waals surface area (Å²) in [5, 5.41) is 5.55. The lowest BCUT2D eigenvalue weighted by molar-refractivity contribution is -0.120. The number of fused-ring (bicyclic) bond motifs is 1. The Hall–Kier alpha value is -1.84. The number of thioether (sulfide) groups is 1. The van der Waals surface area contributed by atoms with Gasteiger partial charge in [-0.15, -0.1) is 23.1 Å². The quantitative estimate of drug-likeness (QED) is 0.600. The molecule has 1 aliphatic heterocycles. The van der Waals surface area contributed by atoms with E-state index in [2.05, 4.69) is 26.6 Å². The zero-order chi connectivity index (χ0) is 20.4. The lowest BCUT2D eigenvalue weighted by Gasteiger charge is -2.23. The number of benzene rings is 1. The van der Waals surface area contributed by atoms with E-state index in [9.17, 15) is 14.4 Å². The molecule has 0 radical (unpaired) electrons. The van der Waals surface area contributed by atoms with Crippen molar-refractivity contribution in [3.63, 3.8) is 0 Å². The van der Waals surface area contributed by atoms with Gasteiger partial charge < -0.3 is 15.4 Å². The molecule has 1 aliphatic rings. The van der Waals surface area contributed by atoms with Crippen LogP contribution in [0, 0.1) is 13.8 Å². The largest absolute Gasteiger partial charge is 0.462 e. The van der Waals surface area contributed by atoms with Gasteiger partial charge in [0.1, 0.15) is 5.00 Å². The number of halogens is 1.